The molecule has 0 aliphatic carbocycles. The van der Waals surface area contributed by atoms with E-state index in [0.29, 0.717) is 6.07 Å². The van der Waals surface area contributed by atoms with Gasteiger partial charge in [-0.25, -0.2) is 17.7 Å². The molecule has 1 aliphatic rings. The maximum absolute atomic E-state index is 13.9. The molecule has 1 aliphatic heterocycles. The Balaban J connectivity index is 1.41. The summed E-state index contributed by atoms with van der Waals surface area (Å²) in [4.78, 5) is 24.7. The van der Waals surface area contributed by atoms with Gasteiger partial charge in [0.15, 0.2) is 0 Å². The van der Waals surface area contributed by atoms with E-state index in [-0.39, 0.29) is 30.1 Å². The van der Waals surface area contributed by atoms with Crippen molar-refractivity contribution in [3.63, 3.8) is 0 Å². The molecule has 0 bridgehead atoms. The van der Waals surface area contributed by atoms with Crippen molar-refractivity contribution in [3.05, 3.63) is 84.2 Å². The van der Waals surface area contributed by atoms with Crippen molar-refractivity contribution in [1.29, 1.82) is 0 Å². The predicted molar refractivity (Wildman–Crippen MR) is 158 cm³/mol. The van der Waals surface area contributed by atoms with Crippen LogP contribution in [0.25, 0.3) is 5.52 Å². The van der Waals surface area contributed by atoms with Gasteiger partial charge in [0.1, 0.15) is 17.5 Å². The Morgan fingerprint density at radius 3 is 2.58 bits per heavy atom. The predicted octanol–water partition coefficient (Wildman–Crippen LogP) is 5.36. The minimum atomic E-state index is -4.78. The number of pyridine rings is 1. The zero-order valence-electron chi connectivity index (χ0n) is 24.5. The van der Waals surface area contributed by atoms with Gasteiger partial charge in [0.25, 0.3) is 10.0 Å². The topological polar surface area (TPSA) is 131 Å². The third-order valence-electron chi connectivity index (χ3n) is 6.68. The van der Waals surface area contributed by atoms with E-state index in [0.717, 1.165) is 33.6 Å². The van der Waals surface area contributed by atoms with Crippen molar-refractivity contribution in [3.8, 4) is 5.75 Å². The molecule has 2 aromatic carbocycles. The van der Waals surface area contributed by atoms with Crippen LogP contribution in [-0.4, -0.2) is 48.3 Å². The Hall–Kier alpha value is -4.79. The van der Waals surface area contributed by atoms with Gasteiger partial charge in [0, 0.05) is 24.0 Å². The van der Waals surface area contributed by atoms with Gasteiger partial charge in [-0.3, -0.25) is 14.4 Å². The van der Waals surface area contributed by atoms with Crippen LogP contribution in [0.15, 0.2) is 78.0 Å². The lowest BCUT2D eigenvalue weighted by molar-refractivity contribution is -0.137. The van der Waals surface area contributed by atoms with Gasteiger partial charge in [-0.2, -0.15) is 18.3 Å². The van der Waals surface area contributed by atoms with Crippen LogP contribution in [0.5, 0.6) is 5.75 Å². The minimum absolute atomic E-state index is 0.0380. The number of hydrogen-bond donors (Lipinski definition) is 2. The highest BCUT2D eigenvalue weighted by Crippen LogP contribution is 2.40. The maximum Gasteiger partial charge on any atom is 0.416 e. The first-order valence-electron chi connectivity index (χ1n) is 13.8. The van der Waals surface area contributed by atoms with E-state index in [9.17, 15) is 31.2 Å². The monoisotopic (exact) mass is 645 g/mol. The molecule has 2 aromatic heterocycles. The van der Waals surface area contributed by atoms with Gasteiger partial charge in [-0.05, 0) is 69.3 Å². The lowest BCUT2D eigenvalue weighted by atomic mass is 10.1. The molecule has 2 amide bonds. The summed E-state index contributed by atoms with van der Waals surface area (Å²) in [5.41, 5.74) is -0.267. The van der Waals surface area contributed by atoms with E-state index >= 15 is 0 Å². The van der Waals surface area contributed by atoms with Gasteiger partial charge >= 0.3 is 12.3 Å². The number of amides is 2. The molecule has 11 nitrogen and oxygen atoms in total. The highest BCUT2D eigenvalue weighted by Gasteiger charge is 2.38. The van der Waals surface area contributed by atoms with Gasteiger partial charge in [0.2, 0.25) is 5.91 Å². The molecule has 15 heteroatoms. The summed E-state index contributed by atoms with van der Waals surface area (Å²) < 4.78 is 81.9. The Morgan fingerprint density at radius 2 is 1.84 bits per heavy atom. The number of fused-ring (bicyclic) bond motifs is 2. The first-order valence-corrected chi connectivity index (χ1v) is 15.2. The van der Waals surface area contributed by atoms with Crippen LogP contribution in [-0.2, 0) is 32.3 Å². The second kappa shape index (κ2) is 12.0. The van der Waals surface area contributed by atoms with E-state index in [1.807, 2.05) is 18.2 Å². The molecule has 4 aromatic rings. The van der Waals surface area contributed by atoms with Gasteiger partial charge in [-0.1, -0.05) is 12.1 Å². The third kappa shape index (κ3) is 7.30. The fourth-order valence-corrected chi connectivity index (χ4v) is 6.25. The molecule has 0 saturated heterocycles. The van der Waals surface area contributed by atoms with E-state index in [1.165, 1.54) is 18.2 Å². The quantitative estimate of drug-likeness (QED) is 0.277. The zero-order valence-corrected chi connectivity index (χ0v) is 25.3. The summed E-state index contributed by atoms with van der Waals surface area (Å²) in [6, 6.07) is 13.0. The summed E-state index contributed by atoms with van der Waals surface area (Å²) in [7, 11) is -4.61. The van der Waals surface area contributed by atoms with Crippen LogP contribution >= 0.6 is 0 Å². The van der Waals surface area contributed by atoms with Gasteiger partial charge in [-0.15, -0.1) is 0 Å². The summed E-state index contributed by atoms with van der Waals surface area (Å²) in [6.45, 7) is 4.77. The van der Waals surface area contributed by atoms with Crippen molar-refractivity contribution >= 4 is 38.9 Å². The molecule has 3 heterocycles. The number of benzene rings is 2. The van der Waals surface area contributed by atoms with Crippen molar-refractivity contribution in [2.75, 3.05) is 16.2 Å². The number of carbonyl (C=O) groups excluding carboxylic acids is 2. The summed E-state index contributed by atoms with van der Waals surface area (Å²) >= 11 is 0. The van der Waals surface area contributed by atoms with Gasteiger partial charge < -0.3 is 14.8 Å². The summed E-state index contributed by atoms with van der Waals surface area (Å²) in [5, 5.41) is 9.53. The highest BCUT2D eigenvalue weighted by atomic mass is 32.2. The first kappa shape index (κ1) is 31.6. The largest absolute Gasteiger partial charge is 0.486 e. The molecule has 0 unspecified atom stereocenters. The lowest BCUT2D eigenvalue weighted by Gasteiger charge is -2.35. The molecular weight excluding hydrogens is 615 g/mol. The van der Waals surface area contributed by atoms with Crippen LogP contribution in [0.3, 0.4) is 0 Å². The molecule has 0 radical (unpaired) electrons. The fourth-order valence-electron chi connectivity index (χ4n) is 4.70. The van der Waals surface area contributed by atoms with E-state index in [2.05, 4.69) is 15.7 Å². The molecule has 0 spiro atoms. The van der Waals surface area contributed by atoms with Crippen LogP contribution < -0.4 is 19.7 Å². The number of hydrogen-bond acceptors (Lipinski definition) is 7. The van der Waals surface area contributed by atoms with Crippen molar-refractivity contribution in [1.82, 2.24) is 14.9 Å². The van der Waals surface area contributed by atoms with Crippen LogP contribution in [0.4, 0.5) is 29.3 Å². The molecule has 5 rings (SSSR count). The van der Waals surface area contributed by atoms with E-state index in [1.54, 1.807) is 37.7 Å². The van der Waals surface area contributed by atoms with E-state index < -0.39 is 56.9 Å². The van der Waals surface area contributed by atoms with Crippen molar-refractivity contribution in [2.45, 2.75) is 56.5 Å². The number of carbonyl (C=O) groups is 2. The Labute approximate surface area is 257 Å². The number of ether oxygens (including phenoxy) is 2. The average molecular weight is 646 g/mol. The van der Waals surface area contributed by atoms with Gasteiger partial charge in [0.05, 0.1) is 40.8 Å². The molecular formula is C30H30F3N5O6S. The summed E-state index contributed by atoms with van der Waals surface area (Å²) in [5.74, 6) is -0.398. The molecule has 1 atom stereocenters. The Bertz CT molecular complexity index is 1850. The fraction of sp³-hybridized carbons (Fsp3) is 0.300. The molecule has 2 N–H and O–H groups in total. The van der Waals surface area contributed by atoms with Crippen molar-refractivity contribution in [2.24, 2.45) is 0 Å². The van der Waals surface area contributed by atoms with Crippen LogP contribution in [0.2, 0.25) is 0 Å². The maximum atomic E-state index is 13.9. The smallest absolute Gasteiger partial charge is 0.416 e. The third-order valence-corrected chi connectivity index (χ3v) is 8.46. The molecule has 238 valence electrons. The number of anilines is 2. The number of aromatic nitrogens is 2. The van der Waals surface area contributed by atoms with Crippen molar-refractivity contribution < 1.29 is 40.7 Å². The number of nitrogens with zero attached hydrogens (tertiary/aromatic N) is 3. The molecule has 0 saturated carbocycles. The summed E-state index contributed by atoms with van der Waals surface area (Å²) in [6.07, 6.45) is -3.44. The standard InChI is InChI=1S/C30H30F3N5O6S/c1-29(2,3)44-28(40)36-21-10-11-26-25(14-21)38(45(41,42)23-8-6-7-20(13-23)30(31,32)33)18-22(43-26)15-27(39)34-16-19-17-35-37-12-5-4-9-24(19)37/h4-14,17,22H,15-16,18H2,1-3H3,(H,34,39)(H,36,40)/t22-/m0/s1. The second-order valence-electron chi connectivity index (χ2n) is 11.3. The minimum Gasteiger partial charge on any atom is -0.486 e. The Morgan fingerprint density at radius 1 is 1.07 bits per heavy atom. The first-order chi connectivity index (χ1) is 21.1. The highest BCUT2D eigenvalue weighted by molar-refractivity contribution is 7.92. The number of halogens is 3. The SMILES string of the molecule is CC(C)(C)OC(=O)Nc1ccc2c(c1)N(S(=O)(=O)c1cccc(C(F)(F)F)c1)C[C@H](CC(=O)NCc1cnn3ccccc13)O2. The van der Waals surface area contributed by atoms with Crippen LogP contribution in [0.1, 0.15) is 38.3 Å². The number of nitrogens with one attached hydrogen (secondary N) is 2. The van der Waals surface area contributed by atoms with E-state index in [4.69, 9.17) is 9.47 Å². The lowest BCUT2D eigenvalue weighted by Crippen LogP contribution is -2.45. The molecule has 0 fully saturated rings. The Kier molecular flexibility index (Phi) is 8.40. The zero-order chi connectivity index (χ0) is 32.6. The second-order valence-corrected chi connectivity index (χ2v) is 13.2. The molecule has 45 heavy (non-hydrogen) atoms. The van der Waals surface area contributed by atoms with Crippen LogP contribution in [0, 0.1) is 0 Å². The normalized spacial score (nSPS) is 15.2. The average Bonchev–Trinajstić information content (AvgIpc) is 3.37. The number of sulfonamides is 1. The number of rotatable bonds is 7. The number of alkyl halides is 3.